The van der Waals surface area contributed by atoms with Gasteiger partial charge in [-0.15, -0.1) is 11.3 Å². The van der Waals surface area contributed by atoms with Crippen LogP contribution in [0.15, 0.2) is 114 Å². The molecule has 1 aliphatic heterocycles. The molecule has 1 aliphatic rings. The highest BCUT2D eigenvalue weighted by molar-refractivity contribution is 7.10. The van der Waals surface area contributed by atoms with Gasteiger partial charge in [0.15, 0.2) is 11.5 Å². The number of aliphatic imine (C=N–C) groups is 1. The van der Waals surface area contributed by atoms with Gasteiger partial charge < -0.3 is 40.0 Å². The van der Waals surface area contributed by atoms with Gasteiger partial charge in [-0.1, -0.05) is 48.0 Å². The van der Waals surface area contributed by atoms with Crippen molar-refractivity contribution < 1.29 is 33.2 Å². The van der Waals surface area contributed by atoms with Crippen LogP contribution in [0.3, 0.4) is 0 Å². The predicted octanol–water partition coefficient (Wildman–Crippen LogP) is 11.3. The minimum Gasteiger partial charge on any atom is -0.496 e. The van der Waals surface area contributed by atoms with Crippen LogP contribution < -0.4 is 34.9 Å². The van der Waals surface area contributed by atoms with E-state index in [1.54, 1.807) is 68.2 Å². The number of halogens is 2. The number of carboxylic acid groups (broad SMARTS) is 1. The van der Waals surface area contributed by atoms with Crippen molar-refractivity contribution in [2.45, 2.75) is 33.0 Å². The van der Waals surface area contributed by atoms with Crippen molar-refractivity contribution in [3.8, 4) is 45.4 Å². The molecular weight excluding hydrogens is 919 g/mol. The maximum atomic E-state index is 15.0. The van der Waals surface area contributed by atoms with Crippen molar-refractivity contribution in [3.05, 3.63) is 158 Å². The molecule has 14 nitrogen and oxygen atoms in total. The van der Waals surface area contributed by atoms with Gasteiger partial charge in [0.25, 0.3) is 0 Å². The third-order valence-corrected chi connectivity index (χ3v) is 12.6. The summed E-state index contributed by atoms with van der Waals surface area (Å²) in [5.41, 5.74) is 8.46. The van der Waals surface area contributed by atoms with Crippen LogP contribution in [0.2, 0.25) is 5.02 Å². The number of hydrogen-bond donors (Lipinski definition) is 4. The highest BCUT2D eigenvalue weighted by atomic mass is 35.5. The third-order valence-electron chi connectivity index (χ3n) is 11.3. The summed E-state index contributed by atoms with van der Waals surface area (Å²) in [6, 6.07) is 29.1. The smallest absolute Gasteiger partial charge is 0.339 e. The lowest BCUT2D eigenvalue weighted by molar-refractivity contribution is 0.0693. The molecule has 17 heteroatoms. The number of carbonyl (C=O) groups is 1. The molecule has 0 amide bonds. The first-order valence-corrected chi connectivity index (χ1v) is 22.9. The third kappa shape index (κ3) is 10.3. The molecule has 3 aromatic heterocycles. The van der Waals surface area contributed by atoms with Crippen molar-refractivity contribution >= 4 is 63.0 Å². The number of rotatable bonds is 14. The molecule has 9 rings (SSSR count). The fraction of sp³-hybridized carbons (Fsp3) is 0.192. The Morgan fingerprint density at radius 3 is 2.36 bits per heavy atom. The Kier molecular flexibility index (Phi) is 14.6. The molecule has 352 valence electrons. The monoisotopic (exact) mass is 966 g/mol. The molecule has 4 heterocycles. The Morgan fingerprint density at radius 1 is 0.841 bits per heavy atom. The quantitative estimate of drug-likeness (QED) is 0.0811. The van der Waals surface area contributed by atoms with E-state index >= 15 is 4.39 Å². The molecular formula is C52H48ClFN8O6S. The molecule has 69 heavy (non-hydrogen) atoms. The topological polar surface area (TPSA) is 174 Å². The second-order valence-electron chi connectivity index (χ2n) is 15.7. The molecule has 0 fully saturated rings. The molecule has 0 bridgehead atoms. The van der Waals surface area contributed by atoms with Gasteiger partial charge in [0.05, 0.1) is 63.5 Å². The minimum atomic E-state index is -1.10. The standard InChI is InChI=1S/C27H20ClFN4O4.C25H28N4O2S/c1-36-21-5-3-4-20(29)23(21)25-19-10-15(28)6-8-17(19)24-14(12-30-25)13-31-27(33-24)32-16-7-9-18(26(34)35)22(11-16)37-2;1-15(24-10-18(14-32-24)19-9-7-6-8-17(19)13-26-3)27-25-20-11-22(30-4)23(31-5)12-21(20)28-16(2)29-25/h3-11,13H,12H2,1-2H3,(H,34,35)(H,31,32,33);6-12,14-15,26H,13H2,1-5H3,(H,27,28,29). The Bertz CT molecular complexity index is 3240. The first-order valence-electron chi connectivity index (χ1n) is 21.6. The van der Waals surface area contributed by atoms with Crippen LogP contribution in [0, 0.1) is 12.7 Å². The highest BCUT2D eigenvalue weighted by Gasteiger charge is 2.26. The second-order valence-corrected chi connectivity index (χ2v) is 17.1. The lowest BCUT2D eigenvalue weighted by Crippen LogP contribution is -2.09. The van der Waals surface area contributed by atoms with Gasteiger partial charge in [-0.3, -0.25) is 4.99 Å². The minimum absolute atomic E-state index is 0.0370. The van der Waals surface area contributed by atoms with Crippen molar-refractivity contribution in [2.75, 3.05) is 46.1 Å². The van der Waals surface area contributed by atoms with E-state index in [2.05, 4.69) is 73.5 Å². The molecule has 1 atom stereocenters. The van der Waals surface area contributed by atoms with E-state index in [9.17, 15) is 9.90 Å². The normalized spacial score (nSPS) is 12.0. The Labute approximate surface area is 407 Å². The fourth-order valence-corrected chi connectivity index (χ4v) is 9.09. The van der Waals surface area contributed by atoms with Crippen molar-refractivity contribution in [3.63, 3.8) is 0 Å². The average Bonchev–Trinajstić information content (AvgIpc) is 3.80. The number of aromatic nitrogens is 4. The zero-order valence-electron chi connectivity index (χ0n) is 38.8. The molecule has 0 spiro atoms. The van der Waals surface area contributed by atoms with Gasteiger partial charge >= 0.3 is 5.97 Å². The van der Waals surface area contributed by atoms with Gasteiger partial charge in [-0.25, -0.2) is 29.1 Å². The molecule has 0 aliphatic carbocycles. The number of aromatic carboxylic acids is 1. The summed E-state index contributed by atoms with van der Waals surface area (Å²) < 4.78 is 36.6. The summed E-state index contributed by atoms with van der Waals surface area (Å²) in [6.07, 6.45) is 1.65. The number of methoxy groups -OCH3 is 4. The number of thiophene rings is 1. The molecule has 1 unspecified atom stereocenters. The highest BCUT2D eigenvalue weighted by Crippen LogP contribution is 2.39. The summed E-state index contributed by atoms with van der Waals surface area (Å²) >= 11 is 8.10. The number of aryl methyl sites for hydroxylation is 1. The van der Waals surface area contributed by atoms with Crippen LogP contribution in [0.25, 0.3) is 33.3 Å². The summed E-state index contributed by atoms with van der Waals surface area (Å²) in [5.74, 6) is 2.05. The Balaban J connectivity index is 0.000000188. The zero-order valence-corrected chi connectivity index (χ0v) is 40.3. The predicted molar refractivity (Wildman–Crippen MR) is 270 cm³/mol. The Hall–Kier alpha value is -7.66. The first kappa shape index (κ1) is 47.8. The number of carboxylic acids is 1. The second kappa shape index (κ2) is 21.1. The van der Waals surface area contributed by atoms with Crippen molar-refractivity contribution in [1.82, 2.24) is 25.3 Å². The molecule has 8 aromatic rings. The molecule has 0 radical (unpaired) electrons. The van der Waals surface area contributed by atoms with Gasteiger partial charge in [-0.2, -0.15) is 0 Å². The van der Waals surface area contributed by atoms with Gasteiger partial charge in [-0.05, 0) is 91.5 Å². The summed E-state index contributed by atoms with van der Waals surface area (Å²) in [7, 11) is 8.11. The fourth-order valence-electron chi connectivity index (χ4n) is 8.00. The lowest BCUT2D eigenvalue weighted by atomic mass is 9.94. The molecule has 4 N–H and O–H groups in total. The number of nitrogens with zero attached hydrogens (tertiary/aromatic N) is 5. The van der Waals surface area contributed by atoms with Crippen LogP contribution in [0.4, 0.5) is 21.8 Å². The van der Waals surface area contributed by atoms with Gasteiger partial charge in [0.1, 0.15) is 34.5 Å². The molecule has 5 aromatic carbocycles. The summed E-state index contributed by atoms with van der Waals surface area (Å²) in [5, 5.41) is 22.8. The van der Waals surface area contributed by atoms with Gasteiger partial charge in [0.2, 0.25) is 5.95 Å². The van der Waals surface area contributed by atoms with E-state index in [4.69, 9.17) is 40.5 Å². The SMILES string of the molecule is CNCc1ccccc1-c1csc(C(C)Nc2nc(C)nc3cc(OC)c(OC)cc23)c1.COc1cc(Nc2ncc3c(n2)-c2ccc(Cl)cc2C(c2c(F)cccc2OC)=NC3)ccc1C(=O)O. The number of nitrogens with one attached hydrogen (secondary N) is 3. The van der Waals surface area contributed by atoms with Crippen LogP contribution in [0.1, 0.15) is 56.3 Å². The largest absolute Gasteiger partial charge is 0.496 e. The van der Waals surface area contributed by atoms with Crippen molar-refractivity contribution in [2.24, 2.45) is 4.99 Å². The van der Waals surface area contributed by atoms with E-state index < -0.39 is 11.8 Å². The number of benzene rings is 5. The van der Waals surface area contributed by atoms with E-state index in [-0.39, 0.29) is 35.4 Å². The molecule has 0 saturated heterocycles. The average molecular weight is 968 g/mol. The van der Waals surface area contributed by atoms with Crippen LogP contribution >= 0.6 is 22.9 Å². The van der Waals surface area contributed by atoms with E-state index in [0.29, 0.717) is 56.3 Å². The maximum Gasteiger partial charge on any atom is 0.339 e. The summed E-state index contributed by atoms with van der Waals surface area (Å²) in [6.45, 7) is 5.09. The lowest BCUT2D eigenvalue weighted by Gasteiger charge is -2.16. The van der Waals surface area contributed by atoms with Crippen molar-refractivity contribution in [1.29, 1.82) is 0 Å². The van der Waals surface area contributed by atoms with E-state index in [0.717, 1.165) is 28.8 Å². The zero-order chi connectivity index (χ0) is 48.8. The van der Waals surface area contributed by atoms with Crippen LogP contribution in [-0.2, 0) is 13.1 Å². The summed E-state index contributed by atoms with van der Waals surface area (Å²) in [4.78, 5) is 35.7. The number of anilines is 3. The van der Waals surface area contributed by atoms with Gasteiger partial charge in [0, 0.05) is 62.5 Å². The van der Waals surface area contributed by atoms with E-state index in [1.165, 1.54) is 47.9 Å². The number of ether oxygens (including phenoxy) is 4. The maximum absolute atomic E-state index is 15.0. The number of hydrogen-bond acceptors (Lipinski definition) is 14. The molecule has 0 saturated carbocycles. The van der Waals surface area contributed by atoms with Crippen LogP contribution in [-0.4, -0.2) is 72.2 Å². The first-order chi connectivity index (χ1) is 33.4. The van der Waals surface area contributed by atoms with Crippen LogP contribution in [0.5, 0.6) is 23.0 Å². The number of fused-ring (bicyclic) bond motifs is 4. The Morgan fingerprint density at radius 2 is 1.61 bits per heavy atom. The van der Waals surface area contributed by atoms with E-state index in [1.807, 2.05) is 32.2 Å².